The Bertz CT molecular complexity index is 329. The third kappa shape index (κ3) is 6.80. The molecule has 0 rings (SSSR count). The molecular weight excluding hydrogens is 263 g/mol. The van der Waals surface area contributed by atoms with Gasteiger partial charge in [0.1, 0.15) is 0 Å². The predicted molar refractivity (Wildman–Crippen MR) is 42.8 cm³/mol. The molecule has 0 aromatic heterocycles. The summed E-state index contributed by atoms with van der Waals surface area (Å²) in [5.74, 6) is 0. The van der Waals surface area contributed by atoms with Crippen molar-refractivity contribution in [3.05, 3.63) is 0 Å². The second kappa shape index (κ2) is 4.51. The van der Waals surface area contributed by atoms with Crippen molar-refractivity contribution in [1.82, 2.24) is 0 Å². The number of hydrogen-bond acceptors (Lipinski definition) is 6. The Balaban J connectivity index is 4.60. The van der Waals surface area contributed by atoms with E-state index in [1.54, 1.807) is 0 Å². The lowest BCUT2D eigenvalue weighted by molar-refractivity contribution is 0.217. The van der Waals surface area contributed by atoms with Gasteiger partial charge in [0.05, 0.1) is 0 Å². The first-order valence-electron chi connectivity index (χ1n) is 2.73. The van der Waals surface area contributed by atoms with Gasteiger partial charge in [-0.05, 0) is 0 Å². The Hall–Kier alpha value is 0.410. The molecule has 0 bridgehead atoms. The maximum Gasteiger partial charge on any atom is 0.489 e. The van der Waals surface area contributed by atoms with Crippen molar-refractivity contribution < 1.29 is 41.5 Å². The van der Waals surface area contributed by atoms with Crippen molar-refractivity contribution >= 4 is 23.4 Å². The largest absolute Gasteiger partial charge is 0.489 e. The summed E-state index contributed by atoms with van der Waals surface area (Å²) in [7, 11) is -14.0. The molecule has 86 valence electrons. The normalized spacial score (nSPS) is 21.2. The molecule has 10 nitrogen and oxygen atoms in total. The Morgan fingerprint density at radius 1 is 1.07 bits per heavy atom. The van der Waals surface area contributed by atoms with Crippen molar-refractivity contribution in [3.63, 3.8) is 0 Å². The van der Waals surface area contributed by atoms with Crippen LogP contribution in [0.15, 0.2) is 0 Å². The first kappa shape index (κ1) is 14.4. The van der Waals surface area contributed by atoms with E-state index in [1.807, 2.05) is 0 Å². The molecule has 0 aliphatic rings. The summed E-state index contributed by atoms with van der Waals surface area (Å²) in [5.41, 5.74) is 4.67. The molecule has 5 N–H and O–H groups in total. The zero-order chi connectivity index (χ0) is 11.6. The van der Waals surface area contributed by atoms with Crippen LogP contribution in [0.4, 0.5) is 0 Å². The van der Waals surface area contributed by atoms with Crippen LogP contribution in [0.2, 0.25) is 0 Å². The highest BCUT2D eigenvalue weighted by Crippen LogP contribution is 2.64. The molecule has 0 saturated carbocycles. The van der Waals surface area contributed by atoms with Gasteiger partial charge in [-0.3, -0.25) is 4.52 Å². The first-order valence-corrected chi connectivity index (χ1v) is 7.36. The van der Waals surface area contributed by atoms with E-state index in [0.29, 0.717) is 0 Å². The quantitative estimate of drug-likeness (QED) is 0.496. The fraction of sp³-hybridized carbons (Fsp3) is 1.00. The maximum atomic E-state index is 10.8. The molecule has 0 aromatic carbocycles. The summed E-state index contributed by atoms with van der Waals surface area (Å²) in [6.07, 6.45) is 0. The number of hydrogen-bond donors (Lipinski definition) is 4. The summed E-state index contributed by atoms with van der Waals surface area (Å²) in [6.45, 7) is 0. The topological polar surface area (TPSA) is 166 Å². The van der Waals surface area contributed by atoms with Crippen LogP contribution in [-0.2, 0) is 26.8 Å². The van der Waals surface area contributed by atoms with Gasteiger partial charge in [0, 0.05) is 7.11 Å². The van der Waals surface area contributed by atoms with E-state index in [2.05, 4.69) is 18.6 Å². The fourth-order valence-corrected chi connectivity index (χ4v) is 3.21. The summed E-state index contributed by atoms with van der Waals surface area (Å²) < 4.78 is 42.4. The standard InChI is InChI=1S/CH8NO9P3/c1-9-12(2,3)10-14(7,8)11-13(4,5)6/h1H3,(H2,2,3)(H,7,8)(H2,4,5,6). The highest BCUT2D eigenvalue weighted by molar-refractivity contribution is 7.67. The van der Waals surface area contributed by atoms with Gasteiger partial charge in [0.15, 0.2) is 0 Å². The van der Waals surface area contributed by atoms with E-state index in [9.17, 15) is 13.7 Å². The molecule has 13 heteroatoms. The van der Waals surface area contributed by atoms with E-state index in [1.165, 1.54) is 0 Å². The van der Waals surface area contributed by atoms with Crippen LogP contribution >= 0.6 is 23.4 Å². The van der Waals surface area contributed by atoms with Crippen molar-refractivity contribution in [1.29, 1.82) is 0 Å². The van der Waals surface area contributed by atoms with Gasteiger partial charge in [0.2, 0.25) is 0 Å². The molecule has 0 aliphatic carbocycles. The monoisotopic (exact) mass is 271 g/mol. The first-order chi connectivity index (χ1) is 5.97. The molecule has 0 fully saturated rings. The van der Waals surface area contributed by atoms with Crippen molar-refractivity contribution in [2.75, 3.05) is 7.11 Å². The molecule has 0 aliphatic heterocycles. The van der Waals surface area contributed by atoms with Crippen LogP contribution < -0.4 is 5.50 Å². The second-order valence-electron chi connectivity index (χ2n) is 1.84. The lowest BCUT2D eigenvalue weighted by Crippen LogP contribution is -2.01. The van der Waals surface area contributed by atoms with Gasteiger partial charge in [-0.15, -0.1) is 0 Å². The lowest BCUT2D eigenvalue weighted by Gasteiger charge is -2.15. The number of phosphoric acid groups is 2. The van der Waals surface area contributed by atoms with E-state index < -0.39 is 23.4 Å². The number of rotatable bonds is 5. The molecule has 2 unspecified atom stereocenters. The molecule has 14 heavy (non-hydrogen) atoms. The molecule has 0 amide bonds. The van der Waals surface area contributed by atoms with Gasteiger partial charge in [-0.2, -0.15) is 8.62 Å². The van der Waals surface area contributed by atoms with Gasteiger partial charge < -0.3 is 14.7 Å². The molecule has 0 saturated heterocycles. The van der Waals surface area contributed by atoms with Crippen LogP contribution in [0.25, 0.3) is 0 Å². The van der Waals surface area contributed by atoms with Gasteiger partial charge in [-0.1, -0.05) is 0 Å². The van der Waals surface area contributed by atoms with Crippen LogP contribution in [0.5, 0.6) is 0 Å². The minimum Gasteiger partial charge on any atom is -0.302 e. The van der Waals surface area contributed by atoms with Gasteiger partial charge in [-0.25, -0.2) is 19.2 Å². The Morgan fingerprint density at radius 3 is 1.79 bits per heavy atom. The summed E-state index contributed by atoms with van der Waals surface area (Å²) >= 11 is 0. The highest BCUT2D eigenvalue weighted by Gasteiger charge is 2.38. The molecule has 2 atom stereocenters. The second-order valence-corrected chi connectivity index (χ2v) is 6.51. The van der Waals surface area contributed by atoms with Crippen LogP contribution in [-0.4, -0.2) is 21.8 Å². The van der Waals surface area contributed by atoms with Crippen LogP contribution in [0, 0.1) is 0 Å². The fourth-order valence-electron chi connectivity index (χ4n) is 0.326. The molecular formula is CH8NO9P3. The summed E-state index contributed by atoms with van der Waals surface area (Å²) in [5, 5.41) is 0. The average molecular weight is 271 g/mol. The van der Waals surface area contributed by atoms with E-state index in [-0.39, 0.29) is 0 Å². The van der Waals surface area contributed by atoms with E-state index in [4.69, 9.17) is 14.7 Å². The molecule has 0 aromatic rings. The maximum absolute atomic E-state index is 10.8. The molecule has 0 radical (unpaired) electrons. The van der Waals surface area contributed by atoms with E-state index in [0.717, 1.165) is 7.11 Å². The van der Waals surface area contributed by atoms with Gasteiger partial charge in [0.25, 0.3) is 0 Å². The Morgan fingerprint density at radius 2 is 1.50 bits per heavy atom. The predicted octanol–water partition coefficient (Wildman–Crippen LogP) is -0.0741. The van der Waals surface area contributed by atoms with Crippen molar-refractivity contribution in [3.8, 4) is 0 Å². The smallest absolute Gasteiger partial charge is 0.302 e. The Kier molecular flexibility index (Phi) is 4.64. The third-order valence-electron chi connectivity index (χ3n) is 0.681. The van der Waals surface area contributed by atoms with Crippen molar-refractivity contribution in [2.24, 2.45) is 5.50 Å². The van der Waals surface area contributed by atoms with Crippen molar-refractivity contribution in [2.45, 2.75) is 0 Å². The third-order valence-corrected chi connectivity index (χ3v) is 4.60. The summed E-state index contributed by atoms with van der Waals surface area (Å²) in [6, 6.07) is 0. The lowest BCUT2D eigenvalue weighted by atomic mass is 11.8. The average Bonchev–Trinajstić information content (AvgIpc) is 1.78. The molecule has 0 heterocycles. The van der Waals surface area contributed by atoms with Gasteiger partial charge >= 0.3 is 23.4 Å². The minimum absolute atomic E-state index is 0.804. The Labute approximate surface area is 78.4 Å². The zero-order valence-electron chi connectivity index (χ0n) is 6.71. The zero-order valence-corrected chi connectivity index (χ0v) is 9.39. The SMILES string of the molecule is COP(N)(=O)OP(=O)(O)OP(=O)(O)O. The minimum atomic E-state index is -5.25. The van der Waals surface area contributed by atoms with Crippen LogP contribution in [0.3, 0.4) is 0 Å². The van der Waals surface area contributed by atoms with E-state index >= 15 is 0 Å². The highest BCUT2D eigenvalue weighted by atomic mass is 31.3. The molecule has 0 spiro atoms. The van der Waals surface area contributed by atoms with Crippen LogP contribution in [0.1, 0.15) is 0 Å². The summed E-state index contributed by atoms with van der Waals surface area (Å²) in [4.78, 5) is 24.9. The number of nitrogens with two attached hydrogens (primary N) is 1.